The number of carbonyl (C=O) groups is 1. The van der Waals surface area contributed by atoms with Gasteiger partial charge in [-0.3, -0.25) is 9.48 Å². The number of aromatic nitrogens is 2. The van der Waals surface area contributed by atoms with Gasteiger partial charge in [0.1, 0.15) is 13.2 Å². The minimum atomic E-state index is -0.186. The summed E-state index contributed by atoms with van der Waals surface area (Å²) in [5, 5.41) is 7.26. The molecule has 1 aliphatic heterocycles. The number of halogens is 1. The van der Waals surface area contributed by atoms with Crippen molar-refractivity contribution in [2.45, 2.75) is 6.54 Å². The molecule has 0 saturated heterocycles. The fraction of sp³-hybridized carbons (Fsp3) is 0.286. The highest BCUT2D eigenvalue weighted by Gasteiger charge is 2.17. The molecule has 0 aliphatic carbocycles. The Bertz CT molecular complexity index is 684. The van der Waals surface area contributed by atoms with Crippen LogP contribution in [0.3, 0.4) is 0 Å². The molecule has 2 heterocycles. The highest BCUT2D eigenvalue weighted by molar-refractivity contribution is 6.32. The third-order valence-corrected chi connectivity index (χ3v) is 3.36. The first kappa shape index (κ1) is 13.8. The standard InChI is InChI=1S/C14H14ClN3O3/c1-18-8-10(7-17-18)14(19)16-6-9-4-11(15)13-12(5-9)20-2-3-21-13/h4-5,7-8H,2-3,6H2,1H3,(H,16,19). The average molecular weight is 308 g/mol. The van der Waals surface area contributed by atoms with Crippen LogP contribution in [0.4, 0.5) is 0 Å². The van der Waals surface area contributed by atoms with E-state index in [-0.39, 0.29) is 5.91 Å². The summed E-state index contributed by atoms with van der Waals surface area (Å²) in [5.41, 5.74) is 1.36. The van der Waals surface area contributed by atoms with Crippen LogP contribution >= 0.6 is 11.6 Å². The van der Waals surface area contributed by atoms with Crippen LogP contribution in [0.5, 0.6) is 11.5 Å². The van der Waals surface area contributed by atoms with Crippen LogP contribution in [0.1, 0.15) is 15.9 Å². The normalized spacial score (nSPS) is 13.0. The smallest absolute Gasteiger partial charge is 0.254 e. The number of hydrogen-bond acceptors (Lipinski definition) is 4. The van der Waals surface area contributed by atoms with Gasteiger partial charge in [-0.25, -0.2) is 0 Å². The van der Waals surface area contributed by atoms with Gasteiger partial charge < -0.3 is 14.8 Å². The second kappa shape index (κ2) is 5.65. The average Bonchev–Trinajstić information content (AvgIpc) is 2.91. The SMILES string of the molecule is Cn1cc(C(=O)NCc2cc(Cl)c3c(c2)OCCO3)cn1. The Balaban J connectivity index is 1.71. The lowest BCUT2D eigenvalue weighted by atomic mass is 10.2. The van der Waals surface area contributed by atoms with Gasteiger partial charge in [-0.2, -0.15) is 5.10 Å². The van der Waals surface area contributed by atoms with Gasteiger partial charge in [0.25, 0.3) is 5.91 Å². The fourth-order valence-corrected chi connectivity index (χ4v) is 2.38. The molecule has 0 atom stereocenters. The Kier molecular flexibility index (Phi) is 3.70. The van der Waals surface area contributed by atoms with Gasteiger partial charge in [0.15, 0.2) is 11.5 Å². The maximum Gasteiger partial charge on any atom is 0.254 e. The van der Waals surface area contributed by atoms with E-state index in [1.54, 1.807) is 24.0 Å². The summed E-state index contributed by atoms with van der Waals surface area (Å²) in [6.45, 7) is 1.34. The first-order chi connectivity index (χ1) is 10.1. The van der Waals surface area contributed by atoms with E-state index in [4.69, 9.17) is 21.1 Å². The Labute approximate surface area is 126 Å². The van der Waals surface area contributed by atoms with E-state index in [0.29, 0.717) is 41.8 Å². The predicted octanol–water partition coefficient (Wildman–Crippen LogP) is 1.77. The first-order valence-electron chi connectivity index (χ1n) is 6.48. The minimum absolute atomic E-state index is 0.186. The molecule has 1 aromatic carbocycles. The third-order valence-electron chi connectivity index (χ3n) is 3.08. The van der Waals surface area contributed by atoms with Gasteiger partial charge in [-0.15, -0.1) is 0 Å². The zero-order valence-electron chi connectivity index (χ0n) is 11.4. The second-order valence-corrected chi connectivity index (χ2v) is 5.09. The summed E-state index contributed by atoms with van der Waals surface area (Å²) in [7, 11) is 1.76. The second-order valence-electron chi connectivity index (χ2n) is 4.69. The number of nitrogens with one attached hydrogen (secondary N) is 1. The highest BCUT2D eigenvalue weighted by atomic mass is 35.5. The van der Waals surface area contributed by atoms with Crippen molar-refractivity contribution in [3.05, 3.63) is 40.7 Å². The van der Waals surface area contributed by atoms with E-state index in [9.17, 15) is 4.79 Å². The van der Waals surface area contributed by atoms with Gasteiger partial charge >= 0.3 is 0 Å². The zero-order chi connectivity index (χ0) is 14.8. The number of fused-ring (bicyclic) bond motifs is 1. The molecule has 0 spiro atoms. The Morgan fingerprint density at radius 2 is 2.24 bits per heavy atom. The minimum Gasteiger partial charge on any atom is -0.486 e. The molecule has 6 nitrogen and oxygen atoms in total. The molecule has 1 N–H and O–H groups in total. The third kappa shape index (κ3) is 2.95. The fourth-order valence-electron chi connectivity index (χ4n) is 2.09. The van der Waals surface area contributed by atoms with Crippen molar-refractivity contribution in [1.29, 1.82) is 0 Å². The van der Waals surface area contributed by atoms with Crippen LogP contribution in [-0.4, -0.2) is 28.9 Å². The molecule has 21 heavy (non-hydrogen) atoms. The van der Waals surface area contributed by atoms with Crippen LogP contribution in [0.15, 0.2) is 24.5 Å². The quantitative estimate of drug-likeness (QED) is 0.938. The molecule has 3 rings (SSSR count). The van der Waals surface area contributed by atoms with Gasteiger partial charge in [0.05, 0.1) is 16.8 Å². The van der Waals surface area contributed by atoms with Crippen LogP contribution < -0.4 is 14.8 Å². The summed E-state index contributed by atoms with van der Waals surface area (Å²) < 4.78 is 12.5. The van der Waals surface area contributed by atoms with E-state index in [1.807, 2.05) is 6.07 Å². The number of amides is 1. The van der Waals surface area contributed by atoms with Crippen molar-refractivity contribution in [3.63, 3.8) is 0 Å². The van der Waals surface area contributed by atoms with Crippen LogP contribution in [0, 0.1) is 0 Å². The molecule has 0 fully saturated rings. The molecule has 7 heteroatoms. The highest BCUT2D eigenvalue weighted by Crippen LogP contribution is 2.38. The Morgan fingerprint density at radius 1 is 1.43 bits per heavy atom. The van der Waals surface area contributed by atoms with Crippen molar-refractivity contribution in [1.82, 2.24) is 15.1 Å². The van der Waals surface area contributed by atoms with E-state index in [2.05, 4.69) is 10.4 Å². The van der Waals surface area contributed by atoms with E-state index in [0.717, 1.165) is 5.56 Å². The molecular weight excluding hydrogens is 294 g/mol. The van der Waals surface area contributed by atoms with Gasteiger partial charge in [0, 0.05) is 19.8 Å². The maximum absolute atomic E-state index is 12.0. The monoisotopic (exact) mass is 307 g/mol. The predicted molar refractivity (Wildman–Crippen MR) is 76.8 cm³/mol. The van der Waals surface area contributed by atoms with E-state index >= 15 is 0 Å². The van der Waals surface area contributed by atoms with Crippen molar-refractivity contribution >= 4 is 17.5 Å². The summed E-state index contributed by atoms with van der Waals surface area (Å²) >= 11 is 6.15. The van der Waals surface area contributed by atoms with Crippen molar-refractivity contribution < 1.29 is 14.3 Å². The number of ether oxygens (including phenoxy) is 2. The molecule has 110 valence electrons. The molecule has 1 amide bonds. The van der Waals surface area contributed by atoms with Crippen molar-refractivity contribution in [2.75, 3.05) is 13.2 Å². The van der Waals surface area contributed by atoms with Gasteiger partial charge in [-0.05, 0) is 17.7 Å². The van der Waals surface area contributed by atoms with Crippen molar-refractivity contribution in [3.8, 4) is 11.5 Å². The largest absolute Gasteiger partial charge is 0.486 e. The summed E-state index contributed by atoms with van der Waals surface area (Å²) in [5.74, 6) is 0.985. The lowest BCUT2D eigenvalue weighted by molar-refractivity contribution is 0.0950. The molecule has 1 aliphatic rings. The number of carbonyl (C=O) groups excluding carboxylic acids is 1. The Morgan fingerprint density at radius 3 is 3.00 bits per heavy atom. The summed E-state index contributed by atoms with van der Waals surface area (Å²) in [4.78, 5) is 12.0. The molecule has 0 saturated carbocycles. The molecule has 2 aromatic rings. The first-order valence-corrected chi connectivity index (χ1v) is 6.86. The zero-order valence-corrected chi connectivity index (χ0v) is 12.2. The van der Waals surface area contributed by atoms with Gasteiger partial charge in [-0.1, -0.05) is 11.6 Å². The number of rotatable bonds is 3. The lowest BCUT2D eigenvalue weighted by Gasteiger charge is -2.20. The number of benzene rings is 1. The lowest BCUT2D eigenvalue weighted by Crippen LogP contribution is -2.22. The Hall–Kier alpha value is -2.21. The molecule has 0 bridgehead atoms. The van der Waals surface area contributed by atoms with E-state index in [1.165, 1.54) is 6.20 Å². The summed E-state index contributed by atoms with van der Waals surface area (Å²) in [6.07, 6.45) is 3.18. The maximum atomic E-state index is 12.0. The van der Waals surface area contributed by atoms with Crippen LogP contribution in [-0.2, 0) is 13.6 Å². The molecule has 0 radical (unpaired) electrons. The number of hydrogen-bond donors (Lipinski definition) is 1. The molecular formula is C14H14ClN3O3. The van der Waals surface area contributed by atoms with E-state index < -0.39 is 0 Å². The number of aryl methyl sites for hydroxylation is 1. The topological polar surface area (TPSA) is 65.4 Å². The van der Waals surface area contributed by atoms with Gasteiger partial charge in [0.2, 0.25) is 0 Å². The molecule has 1 aromatic heterocycles. The summed E-state index contributed by atoms with van der Waals surface area (Å²) in [6, 6.07) is 3.59. The number of nitrogens with zero attached hydrogens (tertiary/aromatic N) is 2. The van der Waals surface area contributed by atoms with Crippen LogP contribution in [0.25, 0.3) is 0 Å². The van der Waals surface area contributed by atoms with Crippen molar-refractivity contribution in [2.24, 2.45) is 7.05 Å². The molecule has 0 unspecified atom stereocenters. The van der Waals surface area contributed by atoms with Crippen LogP contribution in [0.2, 0.25) is 5.02 Å².